The summed E-state index contributed by atoms with van der Waals surface area (Å²) in [5.41, 5.74) is 0.353. The summed E-state index contributed by atoms with van der Waals surface area (Å²) in [4.78, 5) is 65.3. The molecule has 0 saturated carbocycles. The Morgan fingerprint density at radius 1 is 0.524 bits per heavy atom. The van der Waals surface area contributed by atoms with Crippen LogP contribution >= 0.6 is 0 Å². The van der Waals surface area contributed by atoms with Gasteiger partial charge in [-0.15, -0.1) is 0 Å². The number of nitrogens with one attached hydrogen (secondary N) is 1. The highest BCUT2D eigenvalue weighted by Gasteiger charge is 2.41. The zero-order chi connectivity index (χ0) is 47.0. The van der Waals surface area contributed by atoms with E-state index in [1.165, 1.54) is 6.20 Å². The van der Waals surface area contributed by atoms with Gasteiger partial charge in [0.05, 0.1) is 54.3 Å². The van der Waals surface area contributed by atoms with E-state index in [-0.39, 0.29) is 38.7 Å². The van der Waals surface area contributed by atoms with Crippen LogP contribution in [0.15, 0.2) is 74.0 Å². The lowest BCUT2D eigenvalue weighted by Crippen LogP contribution is -2.36. The maximum Gasteiger partial charge on any atom is 0.437 e. The number of imide groups is 1. The number of pyridine rings is 3. The number of rotatable bonds is 5. The van der Waals surface area contributed by atoms with Gasteiger partial charge in [-0.3, -0.25) is 29.3 Å². The van der Waals surface area contributed by atoms with Crippen molar-refractivity contribution in [2.45, 2.75) is 39.3 Å². The molecule has 27 heteroatoms. The van der Waals surface area contributed by atoms with Gasteiger partial charge in [0, 0.05) is 56.1 Å². The molecule has 6 rings (SSSR count). The van der Waals surface area contributed by atoms with E-state index >= 15 is 0 Å². The molecule has 6 aromatic rings. The van der Waals surface area contributed by atoms with Gasteiger partial charge in [0.25, 0.3) is 0 Å². The highest BCUT2D eigenvalue weighted by Crippen LogP contribution is 2.37. The minimum Gasteiger partial charge on any atom is -0.382 e. The number of aromatic nitrogens is 9. The second-order valence-electron chi connectivity index (χ2n) is 12.1. The van der Waals surface area contributed by atoms with Crippen LogP contribution in [0.3, 0.4) is 0 Å². The largest absolute Gasteiger partial charge is 0.437 e. The molecular weight excluding hydrogens is 876 g/mol. The smallest absolute Gasteiger partial charge is 0.382 e. The third-order valence-electron chi connectivity index (χ3n) is 7.27. The SMILES string of the molecule is CC(=O)N(C(C)=O)c1ncc(-c2cncc(F)c2)nc1C(F)(F)F.CC(=O)Nc1ncc(-c2cncc(F)c2)nc1C(F)(F)F.Nc1ncc(-c2cncc(F)c2)nc1C(F)(F)F. The molecule has 0 aliphatic rings. The van der Waals surface area contributed by atoms with Crippen LogP contribution in [0, 0.1) is 17.5 Å². The topological polar surface area (TPSA) is 209 Å². The van der Waals surface area contributed by atoms with Crippen molar-refractivity contribution in [1.29, 1.82) is 0 Å². The fourth-order valence-electron chi connectivity index (χ4n) is 4.78. The number of alkyl halides is 9. The van der Waals surface area contributed by atoms with Crippen molar-refractivity contribution in [3.8, 4) is 33.8 Å². The summed E-state index contributed by atoms with van der Waals surface area (Å²) >= 11 is 0. The zero-order valence-electron chi connectivity index (χ0n) is 31.7. The third-order valence-corrected chi connectivity index (χ3v) is 7.27. The third kappa shape index (κ3) is 12.9. The Balaban J connectivity index is 0.000000209. The summed E-state index contributed by atoms with van der Waals surface area (Å²) in [6.07, 6.45) is -5.42. The summed E-state index contributed by atoms with van der Waals surface area (Å²) in [5.74, 6) is -7.12. The normalized spacial score (nSPS) is 11.3. The van der Waals surface area contributed by atoms with Gasteiger partial charge in [-0.2, -0.15) is 39.5 Å². The van der Waals surface area contributed by atoms with E-state index in [0.717, 1.165) is 88.5 Å². The van der Waals surface area contributed by atoms with Crippen molar-refractivity contribution in [1.82, 2.24) is 44.9 Å². The molecule has 3 N–H and O–H groups in total. The van der Waals surface area contributed by atoms with Crippen molar-refractivity contribution in [3.63, 3.8) is 0 Å². The van der Waals surface area contributed by atoms with E-state index < -0.39 is 88.2 Å². The van der Waals surface area contributed by atoms with E-state index in [1.807, 2.05) is 5.32 Å². The molecule has 3 amide bonds. The summed E-state index contributed by atoms with van der Waals surface area (Å²) < 4.78 is 155. The van der Waals surface area contributed by atoms with Gasteiger partial charge >= 0.3 is 18.5 Å². The molecular formula is C36H24F12N12O3. The van der Waals surface area contributed by atoms with Crippen molar-refractivity contribution in [3.05, 3.63) is 109 Å². The van der Waals surface area contributed by atoms with Crippen molar-refractivity contribution < 1.29 is 67.1 Å². The van der Waals surface area contributed by atoms with Crippen molar-refractivity contribution in [2.75, 3.05) is 16.0 Å². The van der Waals surface area contributed by atoms with Gasteiger partial charge in [-0.1, -0.05) is 0 Å². The van der Waals surface area contributed by atoms with Crippen molar-refractivity contribution >= 4 is 35.2 Å². The minimum absolute atomic E-state index is 0.0308. The van der Waals surface area contributed by atoms with Crippen LogP contribution in [0.5, 0.6) is 0 Å². The number of anilines is 3. The van der Waals surface area contributed by atoms with Crippen LogP contribution in [0.1, 0.15) is 37.9 Å². The molecule has 0 unspecified atom stereocenters. The molecule has 6 heterocycles. The maximum absolute atomic E-state index is 13.3. The molecule has 0 atom stereocenters. The molecule has 15 nitrogen and oxygen atoms in total. The minimum atomic E-state index is -4.98. The Bertz CT molecular complexity index is 2630. The fourth-order valence-corrected chi connectivity index (χ4v) is 4.78. The number of nitrogens with zero attached hydrogens (tertiary/aromatic N) is 10. The van der Waals surface area contributed by atoms with Crippen LogP contribution < -0.4 is 16.0 Å². The average Bonchev–Trinajstić information content (AvgIpc) is 3.17. The molecule has 0 saturated heterocycles. The van der Waals surface area contributed by atoms with E-state index in [2.05, 4.69) is 44.9 Å². The number of halogens is 12. The molecule has 0 spiro atoms. The average molecular weight is 901 g/mol. The lowest BCUT2D eigenvalue weighted by molar-refractivity contribution is -0.141. The number of nitrogens with two attached hydrogens (primary N) is 1. The molecule has 63 heavy (non-hydrogen) atoms. The predicted octanol–water partition coefficient (Wildman–Crippen LogP) is 7.53. The first kappa shape index (κ1) is 47.9. The van der Waals surface area contributed by atoms with Gasteiger partial charge in [0.1, 0.15) is 17.5 Å². The Labute approximate surface area is 344 Å². The van der Waals surface area contributed by atoms with Crippen LogP contribution in [0.2, 0.25) is 0 Å². The lowest BCUT2D eigenvalue weighted by Gasteiger charge is -2.20. The Kier molecular flexibility index (Phi) is 14.7. The first-order valence-electron chi connectivity index (χ1n) is 16.8. The predicted molar refractivity (Wildman–Crippen MR) is 193 cm³/mol. The molecule has 0 fully saturated rings. The number of carbonyl (C=O) groups excluding carboxylic acids is 3. The maximum atomic E-state index is 13.3. The first-order chi connectivity index (χ1) is 29.3. The molecule has 0 aliphatic heterocycles. The van der Waals surface area contributed by atoms with Crippen LogP contribution in [-0.4, -0.2) is 62.6 Å². The van der Waals surface area contributed by atoms with Gasteiger partial charge in [0.2, 0.25) is 17.7 Å². The number of hydrogen-bond acceptors (Lipinski definition) is 13. The molecule has 0 aromatic carbocycles. The molecule has 330 valence electrons. The Morgan fingerprint density at radius 3 is 1.25 bits per heavy atom. The number of amides is 3. The highest BCUT2D eigenvalue weighted by atomic mass is 19.4. The quantitative estimate of drug-likeness (QED) is 0.161. The number of hydrogen-bond donors (Lipinski definition) is 2. The fraction of sp³-hybridized carbons (Fsp3) is 0.167. The van der Waals surface area contributed by atoms with Crippen LogP contribution in [0.25, 0.3) is 33.8 Å². The van der Waals surface area contributed by atoms with Gasteiger partial charge in [-0.05, 0) is 18.2 Å². The zero-order valence-corrected chi connectivity index (χ0v) is 31.7. The second-order valence-corrected chi connectivity index (χ2v) is 12.1. The van der Waals surface area contributed by atoms with E-state index in [1.54, 1.807) is 0 Å². The van der Waals surface area contributed by atoms with E-state index in [0.29, 0.717) is 0 Å². The van der Waals surface area contributed by atoms with Gasteiger partial charge < -0.3 is 11.1 Å². The lowest BCUT2D eigenvalue weighted by atomic mass is 10.2. The van der Waals surface area contributed by atoms with Gasteiger partial charge in [-0.25, -0.2) is 48.0 Å². The molecule has 0 radical (unpaired) electrons. The van der Waals surface area contributed by atoms with Crippen LogP contribution in [-0.2, 0) is 32.9 Å². The molecule has 0 bridgehead atoms. The molecule has 6 aromatic heterocycles. The summed E-state index contributed by atoms with van der Waals surface area (Å²) in [6, 6.07) is 2.92. The van der Waals surface area contributed by atoms with E-state index in [4.69, 9.17) is 5.73 Å². The summed E-state index contributed by atoms with van der Waals surface area (Å²) in [7, 11) is 0. The van der Waals surface area contributed by atoms with Gasteiger partial charge in [0.15, 0.2) is 34.5 Å². The summed E-state index contributed by atoms with van der Waals surface area (Å²) in [5, 5.41) is 1.95. The number of carbonyl (C=O) groups is 3. The Hall–Kier alpha value is -7.74. The van der Waals surface area contributed by atoms with Crippen molar-refractivity contribution in [2.24, 2.45) is 0 Å². The standard InChI is InChI=1S/C14H10F4N4O2.C12H8F4N4O.C10H6F4N4/c1-7(23)22(8(2)24)13-12(14(16,17)18)21-11(6-20-13)9-3-10(15)5-19-4-9;1-6(21)19-11-10(12(14,15)16)20-9(5-18-11)7-2-8(13)4-17-3-7;11-6-1-5(2-16-3-6)7-4-17-9(15)8(18-7)10(12,13)14/h3-6H,1-2H3;2-5H,1H3,(H,18,19,21);1-4H,(H2,15,17). The second kappa shape index (κ2) is 19.3. The monoisotopic (exact) mass is 900 g/mol. The summed E-state index contributed by atoms with van der Waals surface area (Å²) in [6.45, 7) is 2.90. The molecule has 0 aliphatic carbocycles. The van der Waals surface area contributed by atoms with E-state index in [9.17, 15) is 67.1 Å². The van der Waals surface area contributed by atoms with Crippen LogP contribution in [0.4, 0.5) is 70.1 Å². The number of nitrogen functional groups attached to an aromatic ring is 1. The Morgan fingerprint density at radius 2 is 0.889 bits per heavy atom. The highest BCUT2D eigenvalue weighted by molar-refractivity contribution is 6.12. The first-order valence-corrected chi connectivity index (χ1v) is 16.8.